The maximum Gasteiger partial charge on any atom is 0.267 e. The molecule has 2 fully saturated rings. The summed E-state index contributed by atoms with van der Waals surface area (Å²) < 4.78 is 0.723. The van der Waals surface area contributed by atoms with Crippen LogP contribution in [-0.2, 0) is 19.2 Å². The lowest BCUT2D eigenvalue weighted by Gasteiger charge is -2.21. The topological polar surface area (TPSA) is 98.8 Å². The van der Waals surface area contributed by atoms with Gasteiger partial charge >= 0.3 is 0 Å². The summed E-state index contributed by atoms with van der Waals surface area (Å²) in [5, 5.41) is 5.78. The van der Waals surface area contributed by atoms with Crippen molar-refractivity contribution >= 4 is 80.2 Å². The van der Waals surface area contributed by atoms with Gasteiger partial charge in [-0.1, -0.05) is 48.0 Å². The van der Waals surface area contributed by atoms with Gasteiger partial charge in [-0.2, -0.15) is 0 Å². The van der Waals surface area contributed by atoms with E-state index >= 15 is 0 Å². The Hall–Kier alpha value is -1.50. The van der Waals surface area contributed by atoms with Crippen molar-refractivity contribution in [1.29, 1.82) is 0 Å². The summed E-state index contributed by atoms with van der Waals surface area (Å²) in [7, 11) is 0. The molecule has 0 atom stereocenters. The number of carbonyl (C=O) groups excluding carboxylic acids is 4. The predicted molar refractivity (Wildman–Crippen MR) is 145 cm³/mol. The molecule has 0 bridgehead atoms. The van der Waals surface area contributed by atoms with E-state index in [9.17, 15) is 19.2 Å². The van der Waals surface area contributed by atoms with Gasteiger partial charge in [0, 0.05) is 37.0 Å². The monoisotopic (exact) mass is 544 g/mol. The van der Waals surface area contributed by atoms with Crippen LogP contribution in [0.25, 0.3) is 0 Å². The maximum atomic E-state index is 13.0. The molecule has 0 aromatic carbocycles. The van der Waals surface area contributed by atoms with Crippen molar-refractivity contribution in [3.05, 3.63) is 9.81 Å². The fourth-order valence-electron chi connectivity index (χ4n) is 3.21. The summed E-state index contributed by atoms with van der Waals surface area (Å²) in [4.78, 5) is 53.4. The fourth-order valence-corrected chi connectivity index (χ4v) is 5.98. The van der Waals surface area contributed by atoms with Crippen molar-refractivity contribution in [1.82, 2.24) is 20.4 Å². The number of hydrogen-bond donors (Lipinski definition) is 2. The third-order valence-corrected chi connectivity index (χ3v) is 7.53. The normalized spacial score (nSPS) is 19.4. The Kier molecular flexibility index (Phi) is 9.71. The standard InChI is InChI=1S/C22H32N4O4S4/c1-21(2,3)23-13(27)9-7-11-25-17(29)15(33-19(25)31)16-18(30)26(20(32)34-16)12-8-10-14(28)24-22(4,5)6/h7-12H2,1-6H3,(H,23,27)(H,24,28). The number of amides is 4. The van der Waals surface area contributed by atoms with Crippen molar-refractivity contribution in [2.45, 2.75) is 78.3 Å². The van der Waals surface area contributed by atoms with Gasteiger partial charge in [0.25, 0.3) is 11.8 Å². The predicted octanol–water partition coefficient (Wildman–Crippen LogP) is 3.31. The van der Waals surface area contributed by atoms with Gasteiger partial charge in [0.2, 0.25) is 11.8 Å². The third-order valence-electron chi connectivity index (χ3n) is 4.50. The van der Waals surface area contributed by atoms with Crippen molar-refractivity contribution in [3.63, 3.8) is 0 Å². The van der Waals surface area contributed by atoms with Gasteiger partial charge in [-0.25, -0.2) is 0 Å². The van der Waals surface area contributed by atoms with Crippen molar-refractivity contribution in [2.75, 3.05) is 13.1 Å². The van der Waals surface area contributed by atoms with Crippen LogP contribution < -0.4 is 10.6 Å². The van der Waals surface area contributed by atoms with Gasteiger partial charge in [0.1, 0.15) is 8.64 Å². The molecule has 2 heterocycles. The number of hydrogen-bond acceptors (Lipinski definition) is 8. The van der Waals surface area contributed by atoms with Crippen molar-refractivity contribution in [2.24, 2.45) is 0 Å². The van der Waals surface area contributed by atoms with Crippen LogP contribution in [-0.4, -0.2) is 66.2 Å². The number of nitrogens with zero attached hydrogens (tertiary/aromatic N) is 2. The van der Waals surface area contributed by atoms with E-state index in [1.54, 1.807) is 0 Å². The number of carbonyl (C=O) groups is 4. The molecule has 188 valence electrons. The second-order valence-electron chi connectivity index (χ2n) is 10.1. The molecule has 0 spiro atoms. The quantitative estimate of drug-likeness (QED) is 0.355. The summed E-state index contributed by atoms with van der Waals surface area (Å²) in [5.41, 5.74) is -0.631. The van der Waals surface area contributed by atoms with E-state index in [2.05, 4.69) is 10.6 Å². The van der Waals surface area contributed by atoms with Gasteiger partial charge in [0.05, 0.1) is 9.81 Å². The van der Waals surface area contributed by atoms with Gasteiger partial charge in [-0.05, 0) is 54.4 Å². The number of rotatable bonds is 8. The first kappa shape index (κ1) is 28.7. The molecule has 0 aliphatic carbocycles. The highest BCUT2D eigenvalue weighted by Crippen LogP contribution is 2.42. The summed E-state index contributed by atoms with van der Waals surface area (Å²) >= 11 is 12.9. The molecule has 0 saturated carbocycles. The minimum absolute atomic E-state index is 0.0880. The Morgan fingerprint density at radius 1 is 0.735 bits per heavy atom. The van der Waals surface area contributed by atoms with Crippen LogP contribution in [0.5, 0.6) is 0 Å². The summed E-state index contributed by atoms with van der Waals surface area (Å²) in [6, 6.07) is 0. The first-order valence-electron chi connectivity index (χ1n) is 11.0. The summed E-state index contributed by atoms with van der Waals surface area (Å²) in [6.45, 7) is 12.0. The molecule has 8 nitrogen and oxygen atoms in total. The maximum absolute atomic E-state index is 13.0. The zero-order chi connectivity index (χ0) is 25.8. The second-order valence-corrected chi connectivity index (χ2v) is 13.4. The minimum Gasteiger partial charge on any atom is -0.352 e. The molecule has 2 aliphatic rings. The molecule has 34 heavy (non-hydrogen) atoms. The largest absolute Gasteiger partial charge is 0.352 e. The van der Waals surface area contributed by atoms with Gasteiger partial charge in [-0.3, -0.25) is 29.0 Å². The Morgan fingerprint density at radius 2 is 1.06 bits per heavy atom. The average Bonchev–Trinajstić information content (AvgIpc) is 3.09. The lowest BCUT2D eigenvalue weighted by Crippen LogP contribution is -2.41. The van der Waals surface area contributed by atoms with Crippen LogP contribution in [0.4, 0.5) is 0 Å². The molecule has 0 unspecified atom stereocenters. The van der Waals surface area contributed by atoms with E-state index in [1.807, 2.05) is 41.5 Å². The Balaban J connectivity index is 1.95. The number of thiocarbonyl (C=S) groups is 2. The van der Waals surface area contributed by atoms with E-state index < -0.39 is 0 Å². The zero-order valence-electron chi connectivity index (χ0n) is 20.4. The van der Waals surface area contributed by atoms with Crippen LogP contribution in [0.1, 0.15) is 67.2 Å². The molecule has 0 aromatic heterocycles. The van der Waals surface area contributed by atoms with Crippen LogP contribution in [0.3, 0.4) is 0 Å². The molecule has 2 rings (SSSR count). The highest BCUT2D eigenvalue weighted by atomic mass is 32.2. The zero-order valence-corrected chi connectivity index (χ0v) is 23.7. The Labute approximate surface area is 220 Å². The first-order valence-corrected chi connectivity index (χ1v) is 13.5. The molecule has 2 N–H and O–H groups in total. The Bertz CT molecular complexity index is 860. The SMILES string of the molecule is CC(C)(C)NC(=O)CCCN1C(=O)C(=C2SC(=S)N(CCCC(=O)NC(C)(C)C)C2=O)SC1=S. The Morgan fingerprint density at radius 3 is 1.35 bits per heavy atom. The second kappa shape index (κ2) is 11.5. The van der Waals surface area contributed by atoms with E-state index in [1.165, 1.54) is 9.80 Å². The van der Waals surface area contributed by atoms with Crippen LogP contribution in [0.15, 0.2) is 9.81 Å². The van der Waals surface area contributed by atoms with E-state index in [4.69, 9.17) is 24.4 Å². The molecule has 2 saturated heterocycles. The van der Waals surface area contributed by atoms with Crippen molar-refractivity contribution < 1.29 is 19.2 Å². The lowest BCUT2D eigenvalue weighted by atomic mass is 10.1. The number of thioether (sulfide) groups is 2. The van der Waals surface area contributed by atoms with Crippen LogP contribution in [0, 0.1) is 0 Å². The summed E-state index contributed by atoms with van der Waals surface area (Å²) in [5.74, 6) is -0.849. The van der Waals surface area contributed by atoms with E-state index in [0.29, 0.717) is 34.6 Å². The minimum atomic E-state index is -0.337. The highest BCUT2D eigenvalue weighted by molar-refractivity contribution is 8.29. The number of nitrogens with one attached hydrogen (secondary N) is 2. The van der Waals surface area contributed by atoms with Gasteiger partial charge in [-0.15, -0.1) is 0 Å². The molecule has 12 heteroatoms. The van der Waals surface area contributed by atoms with Gasteiger partial charge in [0.15, 0.2) is 0 Å². The molecule has 2 aliphatic heterocycles. The van der Waals surface area contributed by atoms with Gasteiger partial charge < -0.3 is 10.6 Å². The smallest absolute Gasteiger partial charge is 0.267 e. The lowest BCUT2D eigenvalue weighted by molar-refractivity contribution is -0.125. The molecule has 0 aromatic rings. The highest BCUT2D eigenvalue weighted by Gasteiger charge is 2.41. The van der Waals surface area contributed by atoms with E-state index in [0.717, 1.165) is 23.5 Å². The fraction of sp³-hybridized carbons (Fsp3) is 0.636. The van der Waals surface area contributed by atoms with E-state index in [-0.39, 0.29) is 57.4 Å². The average molecular weight is 545 g/mol. The first-order chi connectivity index (χ1) is 15.6. The molecular formula is C22H32N4O4S4. The molecule has 4 amide bonds. The van der Waals surface area contributed by atoms with Crippen LogP contribution >= 0.6 is 48.0 Å². The summed E-state index contributed by atoms with van der Waals surface area (Å²) in [6.07, 6.45) is 1.46. The van der Waals surface area contributed by atoms with Crippen LogP contribution in [0.2, 0.25) is 0 Å². The molecular weight excluding hydrogens is 513 g/mol. The molecule has 0 radical (unpaired) electrons. The third kappa shape index (κ3) is 8.31. The van der Waals surface area contributed by atoms with Crippen molar-refractivity contribution in [3.8, 4) is 0 Å².